The van der Waals surface area contributed by atoms with Crippen LogP contribution in [-0.4, -0.2) is 0 Å². The zero-order chi connectivity index (χ0) is 16.3. The molecule has 0 heterocycles. The number of hydrogen-bond acceptors (Lipinski definition) is 0. The van der Waals surface area contributed by atoms with Crippen LogP contribution in [0.25, 0.3) is 0 Å². The maximum atomic E-state index is 13.3. The fourth-order valence-corrected chi connectivity index (χ4v) is 2.28. The summed E-state index contributed by atoms with van der Waals surface area (Å²) in [5.74, 6) is -0.394. The third-order valence-electron chi connectivity index (χ3n) is 3.18. The minimum absolute atomic E-state index is 0.132. The fourth-order valence-electron chi connectivity index (χ4n) is 2.28. The van der Waals surface area contributed by atoms with Gasteiger partial charge in [-0.15, -0.1) is 12.8 Å². The van der Waals surface area contributed by atoms with Crippen LogP contribution in [-0.2, 0) is 0 Å². The molecule has 0 nitrogen and oxygen atoms in total. The molecule has 0 amide bonds. The molecule has 0 aliphatic carbocycles. The van der Waals surface area contributed by atoms with Crippen LogP contribution in [0.5, 0.6) is 0 Å². The summed E-state index contributed by atoms with van der Waals surface area (Å²) in [5.41, 5.74) is 0.264. The first-order valence-electron chi connectivity index (χ1n) is 6.29. The van der Waals surface area contributed by atoms with Crippen molar-refractivity contribution in [3.8, 4) is 24.7 Å². The van der Waals surface area contributed by atoms with Gasteiger partial charge in [0.15, 0.2) is 0 Å². The fraction of sp³-hybridized carbons (Fsp3) is 0.111. The van der Waals surface area contributed by atoms with E-state index in [-0.39, 0.29) is 11.1 Å². The van der Waals surface area contributed by atoms with Crippen LogP contribution in [0.3, 0.4) is 0 Å². The van der Waals surface area contributed by atoms with E-state index in [0.29, 0.717) is 12.1 Å². The Bertz CT molecular complexity index is 673. The van der Waals surface area contributed by atoms with Gasteiger partial charge in [0.1, 0.15) is 23.3 Å². The van der Waals surface area contributed by atoms with Crippen molar-refractivity contribution in [3.63, 3.8) is 0 Å². The monoisotopic (exact) mass is 302 g/mol. The lowest BCUT2D eigenvalue weighted by molar-refractivity contribution is 0.570. The third-order valence-corrected chi connectivity index (χ3v) is 3.18. The van der Waals surface area contributed by atoms with Gasteiger partial charge in [-0.05, 0) is 35.4 Å². The van der Waals surface area contributed by atoms with Crippen LogP contribution in [0.1, 0.15) is 23.0 Å². The highest BCUT2D eigenvalue weighted by Gasteiger charge is 2.23. The molecule has 2 aromatic rings. The number of terminal acetylenes is 2. The molecule has 0 bridgehead atoms. The largest absolute Gasteiger partial charge is 0.207 e. The average molecular weight is 302 g/mol. The second-order valence-electron chi connectivity index (χ2n) is 4.69. The highest BCUT2D eigenvalue weighted by Crippen LogP contribution is 2.33. The topological polar surface area (TPSA) is 0 Å². The van der Waals surface area contributed by atoms with E-state index in [9.17, 15) is 17.6 Å². The zero-order valence-electron chi connectivity index (χ0n) is 11.3. The second kappa shape index (κ2) is 6.37. The normalized spacial score (nSPS) is 13.0. The first-order valence-corrected chi connectivity index (χ1v) is 6.29. The van der Waals surface area contributed by atoms with Crippen molar-refractivity contribution < 1.29 is 17.6 Å². The van der Waals surface area contributed by atoms with Crippen LogP contribution in [0.2, 0.25) is 0 Å². The summed E-state index contributed by atoms with van der Waals surface area (Å²) in [4.78, 5) is 0. The lowest BCUT2D eigenvalue weighted by Gasteiger charge is -2.19. The van der Waals surface area contributed by atoms with Gasteiger partial charge in [0.25, 0.3) is 0 Å². The Labute approximate surface area is 125 Å². The van der Waals surface area contributed by atoms with Crippen molar-refractivity contribution in [2.75, 3.05) is 0 Å². The molecule has 0 N–H and O–H groups in total. The van der Waals surface area contributed by atoms with E-state index in [2.05, 4.69) is 11.8 Å². The first kappa shape index (κ1) is 15.7. The van der Waals surface area contributed by atoms with Crippen molar-refractivity contribution in [2.24, 2.45) is 0 Å². The number of halogens is 4. The standard InChI is InChI=1S/C18H10F4/c1-3-17(11-5-13(19)9-14(20)6-11)18(4-2)12-7-15(21)10-16(22)8-12/h1-2,5-10,17-18H/t17-,18-/m1/s1. The highest BCUT2D eigenvalue weighted by molar-refractivity contribution is 5.40. The molecule has 0 unspecified atom stereocenters. The van der Waals surface area contributed by atoms with E-state index in [0.717, 1.165) is 24.3 Å². The minimum Gasteiger partial charge on any atom is -0.207 e. The van der Waals surface area contributed by atoms with E-state index in [4.69, 9.17) is 12.8 Å². The van der Waals surface area contributed by atoms with Gasteiger partial charge >= 0.3 is 0 Å². The van der Waals surface area contributed by atoms with Crippen molar-refractivity contribution >= 4 is 0 Å². The average Bonchev–Trinajstić information content (AvgIpc) is 2.42. The van der Waals surface area contributed by atoms with E-state index in [1.807, 2.05) is 0 Å². The first-order chi connectivity index (χ1) is 10.4. The van der Waals surface area contributed by atoms with Gasteiger partial charge in [-0.1, -0.05) is 11.8 Å². The molecule has 4 heteroatoms. The molecular formula is C18H10F4. The summed E-state index contributed by atoms with van der Waals surface area (Å²) in [6.45, 7) is 0. The summed E-state index contributed by atoms with van der Waals surface area (Å²) < 4.78 is 53.4. The Morgan fingerprint density at radius 2 is 0.864 bits per heavy atom. The molecule has 0 aromatic heterocycles. The Balaban J connectivity index is 2.52. The van der Waals surface area contributed by atoms with Crippen LogP contribution in [0.4, 0.5) is 17.6 Å². The molecule has 2 atom stereocenters. The van der Waals surface area contributed by atoms with Gasteiger partial charge in [-0.2, -0.15) is 0 Å². The number of benzene rings is 2. The molecule has 0 radical (unpaired) electrons. The molecule has 0 spiro atoms. The molecule has 2 rings (SSSR count). The molecule has 0 aliphatic heterocycles. The van der Waals surface area contributed by atoms with Crippen molar-refractivity contribution in [2.45, 2.75) is 11.8 Å². The maximum absolute atomic E-state index is 13.3. The Morgan fingerprint density at radius 3 is 1.09 bits per heavy atom. The third kappa shape index (κ3) is 3.30. The molecule has 22 heavy (non-hydrogen) atoms. The smallest absolute Gasteiger partial charge is 0.126 e. The minimum atomic E-state index is -0.920. The predicted molar refractivity (Wildman–Crippen MR) is 75.9 cm³/mol. The molecule has 0 aliphatic rings. The molecular weight excluding hydrogens is 292 g/mol. The highest BCUT2D eigenvalue weighted by atomic mass is 19.1. The molecule has 0 saturated heterocycles. The summed E-state index contributed by atoms with van der Waals surface area (Å²) in [6.07, 6.45) is 10.8. The Hall–Kier alpha value is -2.72. The Kier molecular flexibility index (Phi) is 4.53. The number of rotatable bonds is 3. The van der Waals surface area contributed by atoms with E-state index < -0.39 is 35.1 Å². The van der Waals surface area contributed by atoms with E-state index >= 15 is 0 Å². The van der Waals surface area contributed by atoms with Crippen molar-refractivity contribution in [3.05, 3.63) is 70.8 Å². The van der Waals surface area contributed by atoms with Crippen LogP contribution in [0.15, 0.2) is 36.4 Å². The van der Waals surface area contributed by atoms with Crippen LogP contribution >= 0.6 is 0 Å². The SMILES string of the molecule is C#C[C@H](c1cc(F)cc(F)c1)[C@H](C#C)c1cc(F)cc(F)c1. The second-order valence-corrected chi connectivity index (χ2v) is 4.69. The van der Waals surface area contributed by atoms with Crippen LogP contribution in [0, 0.1) is 48.0 Å². The lowest BCUT2D eigenvalue weighted by atomic mass is 9.82. The zero-order valence-corrected chi connectivity index (χ0v) is 11.3. The molecule has 2 aromatic carbocycles. The van der Waals surface area contributed by atoms with E-state index in [1.165, 1.54) is 0 Å². The molecule has 110 valence electrons. The van der Waals surface area contributed by atoms with Gasteiger partial charge in [0, 0.05) is 12.1 Å². The van der Waals surface area contributed by atoms with Gasteiger partial charge in [-0.3, -0.25) is 0 Å². The van der Waals surface area contributed by atoms with Crippen LogP contribution < -0.4 is 0 Å². The molecule has 0 fully saturated rings. The van der Waals surface area contributed by atoms with Gasteiger partial charge in [0.05, 0.1) is 11.8 Å². The predicted octanol–water partition coefficient (Wildman–Crippen LogP) is 4.38. The quantitative estimate of drug-likeness (QED) is 0.583. The van der Waals surface area contributed by atoms with Gasteiger partial charge in [-0.25, -0.2) is 17.6 Å². The van der Waals surface area contributed by atoms with Gasteiger partial charge < -0.3 is 0 Å². The molecule has 0 saturated carbocycles. The summed E-state index contributed by atoms with van der Waals surface area (Å²) in [6, 6.07) is 5.59. The lowest BCUT2D eigenvalue weighted by Crippen LogP contribution is -2.10. The van der Waals surface area contributed by atoms with E-state index in [1.54, 1.807) is 0 Å². The summed E-state index contributed by atoms with van der Waals surface area (Å²) in [5, 5.41) is 0. The van der Waals surface area contributed by atoms with Crippen molar-refractivity contribution in [1.29, 1.82) is 0 Å². The Morgan fingerprint density at radius 1 is 0.591 bits per heavy atom. The van der Waals surface area contributed by atoms with Gasteiger partial charge in [0.2, 0.25) is 0 Å². The summed E-state index contributed by atoms with van der Waals surface area (Å²) >= 11 is 0. The maximum Gasteiger partial charge on any atom is 0.126 e. The summed E-state index contributed by atoms with van der Waals surface area (Å²) in [7, 11) is 0. The van der Waals surface area contributed by atoms with Crippen molar-refractivity contribution in [1.82, 2.24) is 0 Å². The number of hydrogen-bond donors (Lipinski definition) is 0.